The zero-order valence-electron chi connectivity index (χ0n) is 10.6. The molecule has 1 fully saturated rings. The summed E-state index contributed by atoms with van der Waals surface area (Å²) < 4.78 is 0. The van der Waals surface area contributed by atoms with Crippen molar-refractivity contribution in [1.82, 2.24) is 9.88 Å². The van der Waals surface area contributed by atoms with Crippen LogP contribution in [0.5, 0.6) is 0 Å². The first-order valence-electron chi connectivity index (χ1n) is 6.18. The fourth-order valence-corrected chi connectivity index (χ4v) is 3.51. The lowest BCUT2D eigenvalue weighted by Crippen LogP contribution is -2.45. The molecule has 1 aliphatic heterocycles. The molecule has 0 aliphatic carbocycles. The van der Waals surface area contributed by atoms with Crippen molar-refractivity contribution in [2.75, 3.05) is 24.6 Å². The van der Waals surface area contributed by atoms with Gasteiger partial charge in [0.1, 0.15) is 0 Å². The summed E-state index contributed by atoms with van der Waals surface area (Å²) in [6.07, 6.45) is 3.82. The van der Waals surface area contributed by atoms with Crippen molar-refractivity contribution in [2.24, 2.45) is 5.73 Å². The summed E-state index contributed by atoms with van der Waals surface area (Å²) in [5.41, 5.74) is 8.57. The molecule has 2 unspecified atom stereocenters. The summed E-state index contributed by atoms with van der Waals surface area (Å²) in [6, 6.07) is 2.99. The van der Waals surface area contributed by atoms with Crippen molar-refractivity contribution in [3.8, 4) is 0 Å². The lowest BCUT2D eigenvalue weighted by Gasteiger charge is -2.39. The van der Waals surface area contributed by atoms with Crippen LogP contribution in [-0.4, -0.2) is 40.5 Å². The van der Waals surface area contributed by atoms with E-state index < -0.39 is 0 Å². The van der Waals surface area contributed by atoms with Gasteiger partial charge in [-0.2, -0.15) is 11.8 Å². The van der Waals surface area contributed by atoms with Crippen LogP contribution in [-0.2, 0) is 0 Å². The van der Waals surface area contributed by atoms with Crippen molar-refractivity contribution in [3.63, 3.8) is 0 Å². The van der Waals surface area contributed by atoms with Crippen LogP contribution < -0.4 is 5.73 Å². The highest BCUT2D eigenvalue weighted by atomic mass is 32.2. The number of thioether (sulfide) groups is 1. The van der Waals surface area contributed by atoms with E-state index in [1.54, 1.807) is 0 Å². The van der Waals surface area contributed by atoms with Crippen LogP contribution in [0.2, 0.25) is 0 Å². The minimum atomic E-state index is 0.319. The third-order valence-electron chi connectivity index (χ3n) is 3.48. The molecule has 0 spiro atoms. The smallest absolute Gasteiger partial charge is 0.0491 e. The topological polar surface area (TPSA) is 42.1 Å². The van der Waals surface area contributed by atoms with Crippen LogP contribution in [0.3, 0.4) is 0 Å². The normalized spacial score (nSPS) is 23.6. The van der Waals surface area contributed by atoms with E-state index in [-0.39, 0.29) is 0 Å². The fraction of sp³-hybridized carbons (Fsp3) is 0.615. The van der Waals surface area contributed by atoms with Crippen LogP contribution in [0.4, 0.5) is 0 Å². The van der Waals surface area contributed by atoms with E-state index in [1.165, 1.54) is 22.6 Å². The lowest BCUT2D eigenvalue weighted by molar-refractivity contribution is 0.165. The number of nitrogens with zero attached hydrogens (tertiary/aromatic N) is 2. The maximum Gasteiger partial charge on any atom is 0.0491 e. The van der Waals surface area contributed by atoms with Crippen molar-refractivity contribution < 1.29 is 0 Å². The van der Waals surface area contributed by atoms with E-state index in [0.717, 1.165) is 6.54 Å². The Labute approximate surface area is 108 Å². The number of aromatic nitrogens is 1. The van der Waals surface area contributed by atoms with E-state index in [1.807, 2.05) is 24.2 Å². The van der Waals surface area contributed by atoms with E-state index in [9.17, 15) is 0 Å². The zero-order chi connectivity index (χ0) is 12.3. The molecule has 1 aromatic rings. The highest BCUT2D eigenvalue weighted by Crippen LogP contribution is 2.28. The Morgan fingerprint density at radius 3 is 3.12 bits per heavy atom. The largest absolute Gasteiger partial charge is 0.329 e. The summed E-state index contributed by atoms with van der Waals surface area (Å²) in [5.74, 6) is 2.41. The number of pyridine rings is 1. The zero-order valence-corrected chi connectivity index (χ0v) is 11.4. The van der Waals surface area contributed by atoms with Crippen molar-refractivity contribution in [3.05, 3.63) is 29.6 Å². The van der Waals surface area contributed by atoms with Gasteiger partial charge in [0, 0.05) is 49.1 Å². The van der Waals surface area contributed by atoms with Crippen LogP contribution in [0.1, 0.15) is 24.1 Å². The molecule has 0 aromatic carbocycles. The Hall–Kier alpha value is -0.580. The Morgan fingerprint density at radius 2 is 2.47 bits per heavy atom. The molecule has 0 amide bonds. The lowest BCUT2D eigenvalue weighted by atomic mass is 10.0. The predicted molar refractivity (Wildman–Crippen MR) is 74.3 cm³/mol. The van der Waals surface area contributed by atoms with Gasteiger partial charge in [-0.1, -0.05) is 0 Å². The first kappa shape index (κ1) is 12.9. The molecule has 0 saturated carbocycles. The van der Waals surface area contributed by atoms with Gasteiger partial charge < -0.3 is 5.73 Å². The molecule has 2 atom stereocenters. The Bertz CT molecular complexity index is 369. The number of hydrogen-bond donors (Lipinski definition) is 1. The van der Waals surface area contributed by atoms with Crippen LogP contribution in [0, 0.1) is 6.92 Å². The first-order valence-corrected chi connectivity index (χ1v) is 7.33. The second kappa shape index (κ2) is 5.85. The average molecular weight is 251 g/mol. The maximum atomic E-state index is 5.99. The van der Waals surface area contributed by atoms with Gasteiger partial charge >= 0.3 is 0 Å². The molecule has 1 saturated heterocycles. The summed E-state index contributed by atoms with van der Waals surface area (Å²) in [7, 11) is 0. The van der Waals surface area contributed by atoms with Gasteiger partial charge in [-0.15, -0.1) is 0 Å². The molecule has 1 aliphatic rings. The molecule has 0 bridgehead atoms. The quantitative estimate of drug-likeness (QED) is 0.890. The highest BCUT2D eigenvalue weighted by Gasteiger charge is 2.27. The summed E-state index contributed by atoms with van der Waals surface area (Å²) in [5, 5.41) is 0. The number of rotatable bonds is 3. The van der Waals surface area contributed by atoms with Crippen LogP contribution in [0.25, 0.3) is 0 Å². The van der Waals surface area contributed by atoms with Gasteiger partial charge in [0.2, 0.25) is 0 Å². The van der Waals surface area contributed by atoms with Gasteiger partial charge in [0.15, 0.2) is 0 Å². The average Bonchev–Trinajstić information content (AvgIpc) is 2.34. The molecular weight excluding hydrogens is 230 g/mol. The first-order chi connectivity index (χ1) is 8.24. The highest BCUT2D eigenvalue weighted by molar-refractivity contribution is 7.99. The third-order valence-corrected chi connectivity index (χ3v) is 4.67. The molecule has 2 N–H and O–H groups in total. The van der Waals surface area contributed by atoms with E-state index in [2.05, 4.69) is 29.8 Å². The SMILES string of the molecule is Cc1ccncc1C(CN)N1CCSCC1C. The number of hydrogen-bond acceptors (Lipinski definition) is 4. The van der Waals surface area contributed by atoms with Crippen LogP contribution >= 0.6 is 11.8 Å². The summed E-state index contributed by atoms with van der Waals surface area (Å²) in [6.45, 7) is 6.23. The number of aryl methyl sites for hydroxylation is 1. The van der Waals surface area contributed by atoms with Crippen molar-refractivity contribution in [2.45, 2.75) is 25.9 Å². The fourth-order valence-electron chi connectivity index (χ4n) is 2.47. The molecule has 1 aromatic heterocycles. The second-order valence-electron chi connectivity index (χ2n) is 4.65. The van der Waals surface area contributed by atoms with Crippen molar-refractivity contribution >= 4 is 11.8 Å². The van der Waals surface area contributed by atoms with E-state index >= 15 is 0 Å². The van der Waals surface area contributed by atoms with Gasteiger partial charge in [0.25, 0.3) is 0 Å². The Morgan fingerprint density at radius 1 is 1.65 bits per heavy atom. The van der Waals surface area contributed by atoms with Crippen molar-refractivity contribution in [1.29, 1.82) is 0 Å². The monoisotopic (exact) mass is 251 g/mol. The van der Waals surface area contributed by atoms with Gasteiger partial charge in [0.05, 0.1) is 0 Å². The summed E-state index contributed by atoms with van der Waals surface area (Å²) in [4.78, 5) is 6.78. The molecule has 2 heterocycles. The molecule has 17 heavy (non-hydrogen) atoms. The third kappa shape index (κ3) is 2.81. The number of nitrogens with two attached hydrogens (primary N) is 1. The molecule has 3 nitrogen and oxygen atoms in total. The molecule has 0 radical (unpaired) electrons. The van der Waals surface area contributed by atoms with Crippen LogP contribution in [0.15, 0.2) is 18.5 Å². The van der Waals surface area contributed by atoms with Gasteiger partial charge in [-0.05, 0) is 31.0 Å². The molecule has 4 heteroatoms. The van der Waals surface area contributed by atoms with Gasteiger partial charge in [-0.25, -0.2) is 0 Å². The van der Waals surface area contributed by atoms with Gasteiger partial charge in [-0.3, -0.25) is 9.88 Å². The van der Waals surface area contributed by atoms with E-state index in [0.29, 0.717) is 18.6 Å². The Balaban J connectivity index is 2.23. The molecule has 94 valence electrons. The molecular formula is C13H21N3S. The summed E-state index contributed by atoms with van der Waals surface area (Å²) >= 11 is 2.04. The predicted octanol–water partition coefficient (Wildman–Crippen LogP) is 1.83. The standard InChI is InChI=1S/C13H21N3S/c1-10-3-4-15-8-12(10)13(7-14)16-5-6-17-9-11(16)2/h3-4,8,11,13H,5-7,9,14H2,1-2H3. The maximum absolute atomic E-state index is 5.99. The minimum Gasteiger partial charge on any atom is -0.329 e. The molecule has 2 rings (SSSR count). The van der Waals surface area contributed by atoms with E-state index in [4.69, 9.17) is 5.73 Å². The minimum absolute atomic E-state index is 0.319. The second-order valence-corrected chi connectivity index (χ2v) is 5.80. The Kier molecular flexibility index (Phi) is 4.42.